The molecule has 1 amide bonds. The molecule has 0 aliphatic carbocycles. The Morgan fingerprint density at radius 1 is 1.03 bits per heavy atom. The van der Waals surface area contributed by atoms with Gasteiger partial charge in [-0.05, 0) is 42.5 Å². The van der Waals surface area contributed by atoms with Crippen molar-refractivity contribution in [3.8, 4) is 0 Å². The third kappa shape index (κ3) is 5.55. The molecule has 1 saturated heterocycles. The Morgan fingerprint density at radius 3 is 2.51 bits per heavy atom. The van der Waals surface area contributed by atoms with Crippen molar-refractivity contribution in [1.82, 2.24) is 14.9 Å². The van der Waals surface area contributed by atoms with Gasteiger partial charge in [0, 0.05) is 36.8 Å². The molecule has 12 heteroatoms. The van der Waals surface area contributed by atoms with Crippen LogP contribution in [0.2, 0.25) is 0 Å². The Bertz CT molecular complexity index is 1470. The number of hydrogen-bond acceptors (Lipinski definition) is 7. The maximum absolute atomic E-state index is 13.3. The molecular formula is C23H21BrLiN5O3S2. The molecule has 1 fully saturated rings. The molecule has 0 spiro atoms. The number of halogens is 1. The van der Waals surface area contributed by atoms with E-state index < -0.39 is 10.0 Å². The fraction of sp³-hybridized carbons (Fsp3) is 0.174. The smallest absolute Gasteiger partial charge is 1.00 e. The molecule has 1 N–H and O–H groups in total. The van der Waals surface area contributed by atoms with Gasteiger partial charge < -0.3 is 11.2 Å². The molecule has 4 aromatic rings. The summed E-state index contributed by atoms with van der Waals surface area (Å²) in [7, 11) is -3.91. The topological polar surface area (TPSA) is 95.5 Å². The Labute approximate surface area is 229 Å². The molecule has 8 nitrogen and oxygen atoms in total. The van der Waals surface area contributed by atoms with Crippen LogP contribution in [-0.2, 0) is 10.0 Å². The number of benzene rings is 2. The van der Waals surface area contributed by atoms with Crippen LogP contribution in [0.1, 0.15) is 11.8 Å². The van der Waals surface area contributed by atoms with Crippen LogP contribution in [0.3, 0.4) is 0 Å². The van der Waals surface area contributed by atoms with E-state index in [9.17, 15) is 13.2 Å². The van der Waals surface area contributed by atoms with Gasteiger partial charge in [0.1, 0.15) is 0 Å². The summed E-state index contributed by atoms with van der Waals surface area (Å²) in [5, 5.41) is 0.831. The number of carbonyl (C=O) groups is 1. The standard InChI is InChI=1S/C23H20BrN5O3S2.Li.H/c24-16-8-9-19-20(15-16)33-23(26-19)29-13-11-28(12-14-29)22(30)17-5-1-2-6-18(17)27-34(31,32)21-7-3-4-10-25-21;;/h1-10,15,27H,11-14H2;;/q;+1;-1. The van der Waals surface area contributed by atoms with Crippen LogP contribution in [0, 0.1) is 0 Å². The first-order valence-electron chi connectivity index (χ1n) is 10.5. The zero-order chi connectivity index (χ0) is 23.7. The number of hydrogen-bond donors (Lipinski definition) is 1. The van der Waals surface area contributed by atoms with E-state index in [4.69, 9.17) is 4.98 Å². The quantitative estimate of drug-likeness (QED) is 0.367. The summed E-state index contributed by atoms with van der Waals surface area (Å²) in [6.07, 6.45) is 1.41. The van der Waals surface area contributed by atoms with Crippen molar-refractivity contribution < 1.29 is 33.5 Å². The molecule has 2 aromatic carbocycles. The van der Waals surface area contributed by atoms with E-state index in [-0.39, 0.29) is 36.9 Å². The van der Waals surface area contributed by atoms with E-state index >= 15 is 0 Å². The fourth-order valence-corrected chi connectivity index (χ4v) is 6.35. The number of aromatic nitrogens is 2. The summed E-state index contributed by atoms with van der Waals surface area (Å²) in [6.45, 7) is 2.32. The third-order valence-electron chi connectivity index (χ3n) is 5.49. The predicted octanol–water partition coefficient (Wildman–Crippen LogP) is 1.33. The molecule has 3 heterocycles. The van der Waals surface area contributed by atoms with Crippen LogP contribution >= 0.6 is 27.3 Å². The van der Waals surface area contributed by atoms with Gasteiger partial charge in [-0.1, -0.05) is 45.5 Å². The first-order chi connectivity index (χ1) is 16.4. The van der Waals surface area contributed by atoms with Crippen LogP contribution in [0.25, 0.3) is 10.2 Å². The van der Waals surface area contributed by atoms with E-state index in [1.54, 1.807) is 52.6 Å². The van der Waals surface area contributed by atoms with Crippen molar-refractivity contribution in [2.45, 2.75) is 5.03 Å². The zero-order valence-corrected chi connectivity index (χ0v) is 22.1. The molecule has 5 rings (SSSR count). The predicted molar refractivity (Wildman–Crippen MR) is 138 cm³/mol. The van der Waals surface area contributed by atoms with Crippen LogP contribution in [0.15, 0.2) is 76.4 Å². The number of piperazine rings is 1. The molecule has 0 saturated carbocycles. The van der Waals surface area contributed by atoms with E-state index in [2.05, 4.69) is 36.6 Å². The normalized spacial score (nSPS) is 14.0. The average Bonchev–Trinajstić information content (AvgIpc) is 3.28. The second kappa shape index (κ2) is 10.7. The summed E-state index contributed by atoms with van der Waals surface area (Å²) in [5.41, 5.74) is 1.49. The van der Waals surface area contributed by atoms with Crippen molar-refractivity contribution >= 4 is 64.2 Å². The Hall–Kier alpha value is -2.42. The van der Waals surface area contributed by atoms with Gasteiger partial charge in [-0.15, -0.1) is 0 Å². The van der Waals surface area contributed by atoms with Crippen LogP contribution in [0.5, 0.6) is 0 Å². The van der Waals surface area contributed by atoms with Crippen molar-refractivity contribution in [2.75, 3.05) is 35.8 Å². The molecular weight excluding hydrogens is 545 g/mol. The summed E-state index contributed by atoms with van der Waals surface area (Å²) >= 11 is 5.13. The fourth-order valence-electron chi connectivity index (χ4n) is 3.75. The van der Waals surface area contributed by atoms with E-state index in [0.29, 0.717) is 31.7 Å². The molecule has 0 unspecified atom stereocenters. The first-order valence-corrected chi connectivity index (χ1v) is 13.6. The van der Waals surface area contributed by atoms with E-state index in [1.165, 1.54) is 12.3 Å². The molecule has 176 valence electrons. The van der Waals surface area contributed by atoms with Crippen LogP contribution in [-0.4, -0.2) is 55.4 Å². The van der Waals surface area contributed by atoms with Crippen molar-refractivity contribution in [2.24, 2.45) is 0 Å². The van der Waals surface area contributed by atoms with Crippen LogP contribution < -0.4 is 28.5 Å². The zero-order valence-electron chi connectivity index (χ0n) is 19.9. The second-order valence-corrected chi connectivity index (χ2v) is 11.3. The van der Waals surface area contributed by atoms with E-state index in [0.717, 1.165) is 19.8 Å². The second-order valence-electron chi connectivity index (χ2n) is 7.71. The van der Waals surface area contributed by atoms with Crippen molar-refractivity contribution in [3.63, 3.8) is 0 Å². The molecule has 0 radical (unpaired) electrons. The van der Waals surface area contributed by atoms with E-state index in [1.807, 2.05) is 12.1 Å². The minimum Gasteiger partial charge on any atom is -1.00 e. The number of thiazole rings is 1. The van der Waals surface area contributed by atoms with Crippen molar-refractivity contribution in [1.29, 1.82) is 0 Å². The average molecular weight is 566 g/mol. The van der Waals surface area contributed by atoms with Gasteiger partial charge in [-0.3, -0.25) is 9.52 Å². The van der Waals surface area contributed by atoms with Gasteiger partial charge in [-0.25, -0.2) is 9.97 Å². The number of nitrogens with zero attached hydrogens (tertiary/aromatic N) is 4. The molecule has 1 aliphatic rings. The number of para-hydroxylation sites is 1. The Kier molecular flexibility index (Phi) is 7.83. The van der Waals surface area contributed by atoms with Gasteiger partial charge in [0.15, 0.2) is 10.2 Å². The first kappa shape index (κ1) is 25.7. The number of fused-ring (bicyclic) bond motifs is 1. The number of amides is 1. The number of rotatable bonds is 5. The monoisotopic (exact) mass is 565 g/mol. The van der Waals surface area contributed by atoms with Gasteiger partial charge in [-0.2, -0.15) is 8.42 Å². The molecule has 0 atom stereocenters. The number of carbonyl (C=O) groups excluding carboxylic acids is 1. The minimum absolute atomic E-state index is 0. The van der Waals surface area contributed by atoms with Gasteiger partial charge in [0.2, 0.25) is 0 Å². The Balaban J connectivity index is 0.00000180. The Morgan fingerprint density at radius 2 is 1.77 bits per heavy atom. The third-order valence-corrected chi connectivity index (χ3v) is 8.34. The maximum Gasteiger partial charge on any atom is 1.00 e. The largest absolute Gasteiger partial charge is 1.00 e. The molecule has 2 aromatic heterocycles. The number of sulfonamides is 1. The summed E-state index contributed by atoms with van der Waals surface area (Å²) in [4.78, 5) is 25.9. The minimum atomic E-state index is -3.91. The summed E-state index contributed by atoms with van der Waals surface area (Å²) in [6, 6.07) is 17.3. The number of nitrogens with one attached hydrogen (secondary N) is 1. The maximum atomic E-state index is 13.3. The summed E-state index contributed by atoms with van der Waals surface area (Å²) < 4.78 is 30.1. The van der Waals surface area contributed by atoms with Gasteiger partial charge >= 0.3 is 18.9 Å². The number of anilines is 2. The summed E-state index contributed by atoms with van der Waals surface area (Å²) in [5.74, 6) is -0.216. The molecule has 1 aliphatic heterocycles. The van der Waals surface area contributed by atoms with Gasteiger partial charge in [0.25, 0.3) is 15.9 Å². The van der Waals surface area contributed by atoms with Crippen molar-refractivity contribution in [3.05, 3.63) is 76.9 Å². The molecule has 0 bridgehead atoms. The van der Waals surface area contributed by atoms with Gasteiger partial charge in [0.05, 0.1) is 21.5 Å². The SMILES string of the molecule is O=C(c1ccccc1NS(=O)(=O)c1ccccn1)N1CCN(c2nc3ccc(Br)cc3s2)CC1.[H-].[Li+]. The van der Waals surface area contributed by atoms with Crippen LogP contribution in [0.4, 0.5) is 10.8 Å². The molecule has 35 heavy (non-hydrogen) atoms. The number of pyridine rings is 1.